The Labute approximate surface area is 110 Å². The summed E-state index contributed by atoms with van der Waals surface area (Å²) >= 11 is 0. The molecule has 0 saturated heterocycles. The van der Waals surface area contributed by atoms with Gasteiger partial charge in [-0.15, -0.1) is 0 Å². The molecular formula is C16H12O3. The average molecular weight is 252 g/mol. The molecule has 19 heavy (non-hydrogen) atoms. The van der Waals surface area contributed by atoms with Gasteiger partial charge in [-0.3, -0.25) is 4.79 Å². The SMILES string of the molecule is COc1ccc(OC=O)c2cc3ccccc3cc12. The molecule has 94 valence electrons. The van der Waals surface area contributed by atoms with Gasteiger partial charge in [-0.2, -0.15) is 0 Å². The molecule has 3 nitrogen and oxygen atoms in total. The van der Waals surface area contributed by atoms with Gasteiger partial charge >= 0.3 is 0 Å². The molecule has 0 bridgehead atoms. The molecule has 0 aliphatic carbocycles. The first-order valence-electron chi connectivity index (χ1n) is 5.93. The second kappa shape index (κ2) is 4.61. The molecule has 0 atom stereocenters. The second-order valence-electron chi connectivity index (χ2n) is 4.22. The van der Waals surface area contributed by atoms with Crippen molar-refractivity contribution in [2.24, 2.45) is 0 Å². The van der Waals surface area contributed by atoms with Crippen LogP contribution in [0.1, 0.15) is 0 Å². The van der Waals surface area contributed by atoms with Crippen molar-refractivity contribution in [1.82, 2.24) is 0 Å². The van der Waals surface area contributed by atoms with Gasteiger partial charge in [0.2, 0.25) is 0 Å². The third kappa shape index (κ3) is 1.89. The number of benzene rings is 3. The molecule has 0 heterocycles. The Bertz CT molecular complexity index is 762. The normalized spacial score (nSPS) is 10.6. The maximum Gasteiger partial charge on any atom is 0.298 e. The van der Waals surface area contributed by atoms with Crippen LogP contribution in [-0.2, 0) is 4.79 Å². The van der Waals surface area contributed by atoms with Crippen LogP contribution in [0.5, 0.6) is 11.5 Å². The number of methoxy groups -OCH3 is 1. The third-order valence-corrected chi connectivity index (χ3v) is 3.20. The molecule has 0 aliphatic rings. The minimum absolute atomic E-state index is 0.441. The van der Waals surface area contributed by atoms with E-state index in [1.807, 2.05) is 36.4 Å². The molecule has 0 spiro atoms. The lowest BCUT2D eigenvalue weighted by Crippen LogP contribution is -1.92. The quantitative estimate of drug-likeness (QED) is 0.528. The van der Waals surface area contributed by atoms with Crippen molar-refractivity contribution in [3.63, 3.8) is 0 Å². The summed E-state index contributed by atoms with van der Waals surface area (Å²) in [4.78, 5) is 10.6. The van der Waals surface area contributed by atoms with Crippen molar-refractivity contribution in [2.75, 3.05) is 7.11 Å². The Morgan fingerprint density at radius 3 is 2.05 bits per heavy atom. The van der Waals surface area contributed by atoms with Gasteiger partial charge in [-0.25, -0.2) is 0 Å². The lowest BCUT2D eigenvalue weighted by molar-refractivity contribution is -0.120. The van der Waals surface area contributed by atoms with Gasteiger partial charge in [-0.05, 0) is 35.0 Å². The van der Waals surface area contributed by atoms with Crippen molar-refractivity contribution in [1.29, 1.82) is 0 Å². The van der Waals surface area contributed by atoms with Crippen LogP contribution in [0.4, 0.5) is 0 Å². The Balaban J connectivity index is 2.42. The number of ether oxygens (including phenoxy) is 2. The molecule has 0 radical (unpaired) electrons. The number of carbonyl (C=O) groups is 1. The highest BCUT2D eigenvalue weighted by Crippen LogP contribution is 2.35. The Hall–Kier alpha value is -2.55. The largest absolute Gasteiger partial charge is 0.496 e. The number of hydrogen-bond donors (Lipinski definition) is 0. The zero-order chi connectivity index (χ0) is 13.2. The van der Waals surface area contributed by atoms with Crippen molar-refractivity contribution in [3.05, 3.63) is 48.5 Å². The van der Waals surface area contributed by atoms with E-state index in [1.54, 1.807) is 19.2 Å². The van der Waals surface area contributed by atoms with Crippen molar-refractivity contribution < 1.29 is 14.3 Å². The minimum atomic E-state index is 0.441. The van der Waals surface area contributed by atoms with E-state index in [-0.39, 0.29) is 0 Å². The fraction of sp³-hybridized carbons (Fsp3) is 0.0625. The summed E-state index contributed by atoms with van der Waals surface area (Å²) in [5, 5.41) is 4.02. The fourth-order valence-corrected chi connectivity index (χ4v) is 2.31. The predicted octanol–water partition coefficient (Wildman–Crippen LogP) is 3.54. The van der Waals surface area contributed by atoms with Gasteiger partial charge in [0.25, 0.3) is 6.47 Å². The standard InChI is InChI=1S/C16H12O3/c1-18-15-6-7-16(19-10-17)14-9-12-5-3-2-4-11(12)8-13(14)15/h2-10H,1H3. The van der Waals surface area contributed by atoms with Crippen LogP contribution in [0.2, 0.25) is 0 Å². The summed E-state index contributed by atoms with van der Waals surface area (Å²) in [6.45, 7) is 0.441. The molecule has 0 fully saturated rings. The number of hydrogen-bond acceptors (Lipinski definition) is 3. The first-order chi connectivity index (χ1) is 9.33. The third-order valence-electron chi connectivity index (χ3n) is 3.20. The number of carbonyl (C=O) groups excluding carboxylic acids is 1. The summed E-state index contributed by atoms with van der Waals surface area (Å²) in [5.74, 6) is 1.30. The van der Waals surface area contributed by atoms with Gasteiger partial charge in [0, 0.05) is 10.8 Å². The fourth-order valence-electron chi connectivity index (χ4n) is 2.31. The van der Waals surface area contributed by atoms with E-state index in [0.29, 0.717) is 12.2 Å². The average Bonchev–Trinajstić information content (AvgIpc) is 2.46. The van der Waals surface area contributed by atoms with Gasteiger partial charge in [0.1, 0.15) is 11.5 Å². The second-order valence-corrected chi connectivity index (χ2v) is 4.22. The van der Waals surface area contributed by atoms with E-state index in [2.05, 4.69) is 0 Å². The molecule has 3 rings (SSSR count). The van der Waals surface area contributed by atoms with Crippen LogP contribution < -0.4 is 9.47 Å². The highest BCUT2D eigenvalue weighted by atomic mass is 16.5. The summed E-state index contributed by atoms with van der Waals surface area (Å²) in [6, 6.07) is 15.6. The summed E-state index contributed by atoms with van der Waals surface area (Å²) in [7, 11) is 1.63. The maximum atomic E-state index is 10.6. The van der Waals surface area contributed by atoms with E-state index < -0.39 is 0 Å². The molecule has 3 heteroatoms. The summed E-state index contributed by atoms with van der Waals surface area (Å²) in [6.07, 6.45) is 0. The molecule has 0 aliphatic heterocycles. The van der Waals surface area contributed by atoms with Gasteiger partial charge in [0.15, 0.2) is 0 Å². The molecule has 0 aromatic heterocycles. The van der Waals surface area contributed by atoms with E-state index in [1.165, 1.54) is 0 Å². The zero-order valence-electron chi connectivity index (χ0n) is 10.4. The van der Waals surface area contributed by atoms with E-state index >= 15 is 0 Å². The summed E-state index contributed by atoms with van der Waals surface area (Å²) in [5.41, 5.74) is 0. The minimum Gasteiger partial charge on any atom is -0.496 e. The van der Waals surface area contributed by atoms with Crippen LogP contribution in [0.25, 0.3) is 21.5 Å². The van der Waals surface area contributed by atoms with Crippen LogP contribution in [0.3, 0.4) is 0 Å². The van der Waals surface area contributed by atoms with Gasteiger partial charge in [0.05, 0.1) is 7.11 Å². The highest BCUT2D eigenvalue weighted by Gasteiger charge is 2.09. The summed E-state index contributed by atoms with van der Waals surface area (Å²) < 4.78 is 10.4. The van der Waals surface area contributed by atoms with Crippen LogP contribution in [0, 0.1) is 0 Å². The lowest BCUT2D eigenvalue weighted by atomic mass is 10.0. The van der Waals surface area contributed by atoms with Gasteiger partial charge < -0.3 is 9.47 Å². The predicted molar refractivity (Wildman–Crippen MR) is 74.7 cm³/mol. The molecule has 0 unspecified atom stereocenters. The molecule has 0 saturated carbocycles. The Kier molecular flexibility index (Phi) is 2.80. The van der Waals surface area contributed by atoms with Crippen molar-refractivity contribution >= 4 is 28.0 Å². The molecule has 3 aromatic rings. The Morgan fingerprint density at radius 2 is 1.47 bits per heavy atom. The maximum absolute atomic E-state index is 10.6. The van der Waals surface area contributed by atoms with Crippen LogP contribution in [-0.4, -0.2) is 13.6 Å². The Morgan fingerprint density at radius 1 is 0.895 bits per heavy atom. The number of fused-ring (bicyclic) bond motifs is 2. The first kappa shape index (κ1) is 11.5. The molecule has 3 aromatic carbocycles. The van der Waals surface area contributed by atoms with Crippen LogP contribution >= 0.6 is 0 Å². The monoisotopic (exact) mass is 252 g/mol. The molecule has 0 N–H and O–H groups in total. The molecular weight excluding hydrogens is 240 g/mol. The van der Waals surface area contributed by atoms with E-state index in [0.717, 1.165) is 27.3 Å². The first-order valence-corrected chi connectivity index (χ1v) is 5.93. The zero-order valence-corrected chi connectivity index (χ0v) is 10.4. The smallest absolute Gasteiger partial charge is 0.298 e. The van der Waals surface area contributed by atoms with Gasteiger partial charge in [-0.1, -0.05) is 24.3 Å². The lowest BCUT2D eigenvalue weighted by Gasteiger charge is -2.10. The van der Waals surface area contributed by atoms with E-state index in [4.69, 9.17) is 9.47 Å². The molecule has 0 amide bonds. The number of rotatable bonds is 3. The topological polar surface area (TPSA) is 35.5 Å². The van der Waals surface area contributed by atoms with E-state index in [9.17, 15) is 4.79 Å². The van der Waals surface area contributed by atoms with Crippen molar-refractivity contribution in [2.45, 2.75) is 0 Å². The van der Waals surface area contributed by atoms with Crippen LogP contribution in [0.15, 0.2) is 48.5 Å². The van der Waals surface area contributed by atoms with Crippen molar-refractivity contribution in [3.8, 4) is 11.5 Å². The highest BCUT2D eigenvalue weighted by molar-refractivity contribution is 6.03.